The van der Waals surface area contributed by atoms with E-state index in [1.165, 1.54) is 11.0 Å². The van der Waals surface area contributed by atoms with Crippen molar-refractivity contribution in [1.82, 2.24) is 4.72 Å². The molecule has 0 aromatic heterocycles. The van der Waals surface area contributed by atoms with Gasteiger partial charge in [-0.05, 0) is 73.2 Å². The fourth-order valence-electron chi connectivity index (χ4n) is 7.57. The molecule has 9 nitrogen and oxygen atoms in total. The van der Waals surface area contributed by atoms with Crippen LogP contribution in [0.1, 0.15) is 54.2 Å². The predicted octanol–water partition coefficient (Wildman–Crippen LogP) is 9.52. The molecular formula is C44H39N3O6S. The molecule has 2 amide bonds. The molecule has 0 aliphatic carbocycles. The van der Waals surface area contributed by atoms with Crippen molar-refractivity contribution >= 4 is 49.9 Å². The zero-order valence-corrected chi connectivity index (χ0v) is 31.0. The number of urea groups is 1. The van der Waals surface area contributed by atoms with Crippen LogP contribution >= 0.6 is 0 Å². The van der Waals surface area contributed by atoms with Crippen molar-refractivity contribution in [2.24, 2.45) is 5.92 Å². The van der Waals surface area contributed by atoms with Crippen LogP contribution in [-0.4, -0.2) is 33.5 Å². The predicted molar refractivity (Wildman–Crippen MR) is 210 cm³/mol. The van der Waals surface area contributed by atoms with Gasteiger partial charge in [0.25, 0.3) is 10.0 Å². The highest BCUT2D eigenvalue weighted by atomic mass is 32.2. The lowest BCUT2D eigenvalue weighted by molar-refractivity contribution is 0.0226. The molecule has 10 heteroatoms. The minimum absolute atomic E-state index is 0.0315. The first-order chi connectivity index (χ1) is 26.1. The fraction of sp³-hybridized carbons (Fsp3) is 0.182. The smallest absolute Gasteiger partial charge is 0.340 e. The topological polar surface area (TPSA) is 105 Å². The number of anilines is 3. The zero-order valence-electron chi connectivity index (χ0n) is 30.2. The van der Waals surface area contributed by atoms with Gasteiger partial charge in [0.15, 0.2) is 5.60 Å². The van der Waals surface area contributed by atoms with Crippen LogP contribution in [0.5, 0.6) is 11.5 Å². The Labute approximate surface area is 314 Å². The minimum atomic E-state index is -4.42. The minimum Gasteiger partial charge on any atom is -0.456 e. The summed E-state index contributed by atoms with van der Waals surface area (Å²) in [5, 5.41) is 1.20. The number of fused-ring (bicyclic) bond motifs is 7. The molecule has 1 N–H and O–H groups in total. The van der Waals surface area contributed by atoms with Crippen molar-refractivity contribution in [2.75, 3.05) is 22.9 Å². The number of amides is 2. The maximum absolute atomic E-state index is 15.0. The number of esters is 1. The highest BCUT2D eigenvalue weighted by Crippen LogP contribution is 2.59. The lowest BCUT2D eigenvalue weighted by Crippen LogP contribution is -2.42. The summed E-state index contributed by atoms with van der Waals surface area (Å²) in [5.41, 5.74) is 1.96. The molecule has 2 heterocycles. The quantitative estimate of drug-likeness (QED) is 0.147. The number of hydrogen-bond acceptors (Lipinski definition) is 7. The maximum atomic E-state index is 15.0. The summed E-state index contributed by atoms with van der Waals surface area (Å²) >= 11 is 0. The number of rotatable bonds is 9. The molecule has 0 bridgehead atoms. The number of nitrogens with zero attached hydrogens (tertiary/aromatic N) is 2. The molecule has 0 fully saturated rings. The van der Waals surface area contributed by atoms with Crippen molar-refractivity contribution in [2.45, 2.75) is 37.7 Å². The number of carbonyl (C=O) groups is 2. The van der Waals surface area contributed by atoms with E-state index in [9.17, 15) is 18.0 Å². The van der Waals surface area contributed by atoms with Crippen LogP contribution in [0.4, 0.5) is 21.9 Å². The SMILES string of the molecule is CCN(CCC(C)C)c1cccc(N(C(=O)NS(=O)(=O)c2cccc3ccccc23)c2cccc3c2C2(OC(=O)c4ccccc42)c2ccccc2O3)c1. The van der Waals surface area contributed by atoms with E-state index >= 15 is 0 Å². The van der Waals surface area contributed by atoms with Crippen molar-refractivity contribution < 1.29 is 27.5 Å². The van der Waals surface area contributed by atoms with Gasteiger partial charge in [-0.15, -0.1) is 0 Å². The lowest BCUT2D eigenvalue weighted by Gasteiger charge is -2.39. The molecule has 1 atom stereocenters. The summed E-state index contributed by atoms with van der Waals surface area (Å²) in [6.07, 6.45) is 0.960. The lowest BCUT2D eigenvalue weighted by atomic mass is 9.76. The highest BCUT2D eigenvalue weighted by molar-refractivity contribution is 7.90. The van der Waals surface area contributed by atoms with Gasteiger partial charge in [0.05, 0.1) is 27.4 Å². The van der Waals surface area contributed by atoms with Crippen LogP contribution in [0.15, 0.2) is 138 Å². The van der Waals surface area contributed by atoms with Crippen molar-refractivity contribution in [3.63, 3.8) is 0 Å². The Kier molecular flexibility index (Phi) is 8.86. The molecule has 54 heavy (non-hydrogen) atoms. The van der Waals surface area contributed by atoms with E-state index in [1.54, 1.807) is 54.6 Å². The molecule has 0 saturated heterocycles. The molecule has 1 unspecified atom stereocenters. The van der Waals surface area contributed by atoms with Crippen LogP contribution in [0.3, 0.4) is 0 Å². The number of carbonyl (C=O) groups excluding carboxylic acids is 2. The molecule has 2 aliphatic rings. The van der Waals surface area contributed by atoms with E-state index < -0.39 is 27.6 Å². The number of benzene rings is 6. The van der Waals surface area contributed by atoms with E-state index in [1.807, 2.05) is 72.8 Å². The van der Waals surface area contributed by atoms with E-state index in [0.29, 0.717) is 50.7 Å². The second-order valence-electron chi connectivity index (χ2n) is 13.9. The number of hydrogen-bond donors (Lipinski definition) is 1. The van der Waals surface area contributed by atoms with Crippen LogP contribution in [0, 0.1) is 5.92 Å². The second-order valence-corrected chi connectivity index (χ2v) is 15.5. The Morgan fingerprint density at radius 3 is 2.26 bits per heavy atom. The molecule has 6 aromatic carbocycles. The number of para-hydroxylation sites is 1. The van der Waals surface area contributed by atoms with Crippen molar-refractivity contribution in [1.29, 1.82) is 0 Å². The summed E-state index contributed by atoms with van der Waals surface area (Å²) in [4.78, 5) is 32.2. The Balaban J connectivity index is 1.34. The first kappa shape index (κ1) is 34.9. The third kappa shape index (κ3) is 5.83. The van der Waals surface area contributed by atoms with Gasteiger partial charge >= 0.3 is 12.0 Å². The zero-order chi connectivity index (χ0) is 37.6. The Morgan fingerprint density at radius 2 is 1.44 bits per heavy atom. The monoisotopic (exact) mass is 737 g/mol. The summed E-state index contributed by atoms with van der Waals surface area (Å²) in [7, 11) is -4.42. The number of nitrogens with one attached hydrogen (secondary N) is 1. The highest BCUT2D eigenvalue weighted by Gasteiger charge is 2.55. The van der Waals surface area contributed by atoms with Crippen LogP contribution in [0.2, 0.25) is 0 Å². The third-order valence-corrected chi connectivity index (χ3v) is 11.5. The van der Waals surface area contributed by atoms with Gasteiger partial charge in [0.2, 0.25) is 0 Å². The van der Waals surface area contributed by atoms with E-state index in [4.69, 9.17) is 9.47 Å². The van der Waals surface area contributed by atoms with Crippen molar-refractivity contribution in [3.05, 3.63) is 156 Å². The number of ether oxygens (including phenoxy) is 2. The van der Waals surface area contributed by atoms with E-state index in [-0.39, 0.29) is 10.6 Å². The maximum Gasteiger partial charge on any atom is 0.340 e. The van der Waals surface area contributed by atoms with Crippen LogP contribution in [0.25, 0.3) is 10.8 Å². The second kappa shape index (κ2) is 13.7. The van der Waals surface area contributed by atoms with E-state index in [0.717, 1.165) is 30.6 Å². The molecule has 8 rings (SSSR count). The average Bonchev–Trinajstić information content (AvgIpc) is 3.46. The van der Waals surface area contributed by atoms with Crippen LogP contribution in [-0.2, 0) is 20.4 Å². The number of sulfonamides is 1. The summed E-state index contributed by atoms with van der Waals surface area (Å²) < 4.78 is 43.8. The Hall–Kier alpha value is -6.13. The molecule has 6 aromatic rings. The third-order valence-electron chi connectivity index (χ3n) is 10.1. The summed E-state index contributed by atoms with van der Waals surface area (Å²) in [6, 6.07) is 38.3. The first-order valence-electron chi connectivity index (χ1n) is 18.1. The first-order valence-corrected chi connectivity index (χ1v) is 19.5. The summed E-state index contributed by atoms with van der Waals surface area (Å²) in [6.45, 7) is 7.94. The van der Waals surface area contributed by atoms with Gasteiger partial charge in [-0.3, -0.25) is 4.90 Å². The van der Waals surface area contributed by atoms with Gasteiger partial charge in [0, 0.05) is 35.3 Å². The Bertz CT molecular complexity index is 2550. The molecular weight excluding hydrogens is 699 g/mol. The van der Waals surface area contributed by atoms with Gasteiger partial charge < -0.3 is 14.4 Å². The largest absolute Gasteiger partial charge is 0.456 e. The molecule has 2 aliphatic heterocycles. The Morgan fingerprint density at radius 1 is 0.778 bits per heavy atom. The van der Waals surface area contributed by atoms with E-state index in [2.05, 4.69) is 30.4 Å². The standard InChI is InChI=1S/C44H39N3O6S/c1-4-46(27-26-29(2)3)31-16-12-17-32(28-31)47(43(49)45-54(50,51)40-25-11-15-30-14-5-6-18-33(30)40)37-22-13-24-39-41(37)44(36-21-9-10-23-38(36)52-39)35-20-8-7-19-34(35)42(48)53-44/h5-25,28-29H,4,26-27H2,1-3H3,(H,45,49). The van der Waals surface area contributed by atoms with Crippen molar-refractivity contribution in [3.8, 4) is 11.5 Å². The molecule has 0 saturated carbocycles. The van der Waals surface area contributed by atoms with Gasteiger partial charge in [0.1, 0.15) is 11.5 Å². The van der Waals surface area contributed by atoms with Gasteiger partial charge in [-0.1, -0.05) is 98.8 Å². The molecule has 0 radical (unpaired) electrons. The fourth-order valence-corrected chi connectivity index (χ4v) is 8.74. The molecule has 1 spiro atoms. The summed E-state index contributed by atoms with van der Waals surface area (Å²) in [5.74, 6) is 0.805. The van der Waals surface area contributed by atoms with Gasteiger partial charge in [-0.25, -0.2) is 22.7 Å². The normalized spacial score (nSPS) is 15.6. The average molecular weight is 738 g/mol. The van der Waals surface area contributed by atoms with Crippen LogP contribution < -0.4 is 19.3 Å². The molecule has 272 valence electrons. The van der Waals surface area contributed by atoms with Gasteiger partial charge in [-0.2, -0.15) is 0 Å².